The number of rotatable bonds is 3. The summed E-state index contributed by atoms with van der Waals surface area (Å²) >= 11 is 0. The van der Waals surface area contributed by atoms with E-state index in [0.29, 0.717) is 18.3 Å². The molecule has 5 nitrogen and oxygen atoms in total. The van der Waals surface area contributed by atoms with Crippen molar-refractivity contribution in [1.29, 1.82) is 0 Å². The fraction of sp³-hybridized carbons (Fsp3) is 0.320. The predicted molar refractivity (Wildman–Crippen MR) is 117 cm³/mol. The lowest BCUT2D eigenvalue weighted by Crippen LogP contribution is -2.40. The van der Waals surface area contributed by atoms with E-state index in [-0.39, 0.29) is 23.7 Å². The number of Topliss-reactive ketones (excluding diaryl/α,β-unsaturated/α-hetero) is 1. The maximum atomic E-state index is 13.5. The van der Waals surface area contributed by atoms with Crippen LogP contribution in [0.15, 0.2) is 66.6 Å². The highest BCUT2D eigenvalue weighted by atomic mass is 16.1. The van der Waals surface area contributed by atoms with Gasteiger partial charge in [0.2, 0.25) is 5.95 Å². The quantitative estimate of drug-likeness (QED) is 0.676. The molecule has 2 aromatic carbocycles. The summed E-state index contributed by atoms with van der Waals surface area (Å²) in [6.07, 6.45) is 4.28. The van der Waals surface area contributed by atoms with Crippen molar-refractivity contribution < 1.29 is 4.79 Å². The van der Waals surface area contributed by atoms with Crippen molar-refractivity contribution in [2.24, 2.45) is 5.92 Å². The molecule has 2 heterocycles. The average molecular weight is 399 g/mol. The maximum Gasteiger partial charge on any atom is 0.226 e. The molecule has 0 saturated heterocycles. The third-order valence-corrected chi connectivity index (χ3v) is 6.42. The van der Waals surface area contributed by atoms with Crippen molar-refractivity contribution in [2.45, 2.75) is 45.1 Å². The van der Waals surface area contributed by atoms with E-state index < -0.39 is 0 Å². The van der Waals surface area contributed by atoms with Gasteiger partial charge < -0.3 is 5.32 Å². The van der Waals surface area contributed by atoms with Crippen molar-refractivity contribution in [3.05, 3.63) is 88.9 Å². The van der Waals surface area contributed by atoms with Gasteiger partial charge in [-0.3, -0.25) is 4.79 Å². The number of benzene rings is 2. The number of fused-ring (bicyclic) bond motifs is 2. The van der Waals surface area contributed by atoms with Gasteiger partial charge in [-0.2, -0.15) is 10.1 Å². The van der Waals surface area contributed by atoms with E-state index in [9.17, 15) is 4.79 Å². The van der Waals surface area contributed by atoms with Crippen LogP contribution in [-0.2, 0) is 4.79 Å². The number of carbonyl (C=O) groups excluding carboxylic acids is 1. The van der Waals surface area contributed by atoms with Gasteiger partial charge in [0.25, 0.3) is 0 Å². The summed E-state index contributed by atoms with van der Waals surface area (Å²) < 4.78 is 1.86. The largest absolute Gasteiger partial charge is 0.328 e. The minimum Gasteiger partial charge on any atom is -0.328 e. The second-order valence-electron chi connectivity index (χ2n) is 8.65. The fourth-order valence-electron chi connectivity index (χ4n) is 4.79. The summed E-state index contributed by atoms with van der Waals surface area (Å²) in [7, 11) is 0. The van der Waals surface area contributed by atoms with E-state index in [1.807, 2.05) is 16.8 Å². The second kappa shape index (κ2) is 7.24. The van der Waals surface area contributed by atoms with E-state index in [1.165, 1.54) is 16.7 Å². The lowest BCUT2D eigenvalue weighted by molar-refractivity contribution is -0.123. The zero-order valence-corrected chi connectivity index (χ0v) is 17.5. The second-order valence-corrected chi connectivity index (χ2v) is 8.65. The van der Waals surface area contributed by atoms with Crippen LogP contribution in [0.3, 0.4) is 0 Å². The van der Waals surface area contributed by atoms with E-state index in [0.717, 1.165) is 11.3 Å². The van der Waals surface area contributed by atoms with Gasteiger partial charge in [0, 0.05) is 18.0 Å². The van der Waals surface area contributed by atoms with Crippen LogP contribution in [0.5, 0.6) is 0 Å². The van der Waals surface area contributed by atoms with Crippen LogP contribution in [0.2, 0.25) is 0 Å². The Morgan fingerprint density at radius 1 is 1.10 bits per heavy atom. The topological polar surface area (TPSA) is 59.8 Å². The maximum absolute atomic E-state index is 13.5. The number of aryl methyl sites for hydroxylation is 1. The summed E-state index contributed by atoms with van der Waals surface area (Å²) in [6.45, 7) is 6.48. The summed E-state index contributed by atoms with van der Waals surface area (Å²) in [5.74, 6) is 1.21. The van der Waals surface area contributed by atoms with Crippen molar-refractivity contribution >= 4 is 11.7 Å². The van der Waals surface area contributed by atoms with Gasteiger partial charge in [-0.1, -0.05) is 68.5 Å². The Balaban J connectivity index is 1.59. The molecular formula is C25H26N4O. The molecule has 30 heavy (non-hydrogen) atoms. The van der Waals surface area contributed by atoms with Crippen LogP contribution >= 0.6 is 0 Å². The Bertz CT molecular complexity index is 1130. The molecule has 5 heteroatoms. The molecule has 0 radical (unpaired) electrons. The van der Waals surface area contributed by atoms with Gasteiger partial charge in [-0.05, 0) is 35.1 Å². The van der Waals surface area contributed by atoms with Gasteiger partial charge in [-0.25, -0.2) is 4.68 Å². The molecule has 0 unspecified atom stereocenters. The third-order valence-electron chi connectivity index (χ3n) is 6.42. The molecular weight excluding hydrogens is 372 g/mol. The van der Waals surface area contributed by atoms with Crippen LogP contribution in [0.25, 0.3) is 0 Å². The normalized spacial score (nSPS) is 22.9. The highest BCUT2D eigenvalue weighted by molar-refractivity contribution is 5.88. The predicted octanol–water partition coefficient (Wildman–Crippen LogP) is 4.98. The first kappa shape index (κ1) is 18.8. The van der Waals surface area contributed by atoms with E-state index >= 15 is 0 Å². The highest BCUT2D eigenvalue weighted by Crippen LogP contribution is 2.44. The molecule has 0 amide bonds. The molecule has 5 rings (SSSR count). The van der Waals surface area contributed by atoms with Gasteiger partial charge in [-0.15, -0.1) is 0 Å². The van der Waals surface area contributed by atoms with Gasteiger partial charge in [0.05, 0.1) is 12.0 Å². The Morgan fingerprint density at radius 2 is 1.87 bits per heavy atom. The number of ketones is 1. The standard InChI is InChI=1S/C25H26N4O/c1-15(2)17-8-10-18(11-9-17)24-23-21(28-25-26-14-27-29(24)25)12-19(13-22(23)30)20-7-5-4-6-16(20)3/h4-12,14-15,19,23-24H,13H2,1-3H3,(H,26,27,28)/t19-,23-,24-/m1/s1. The molecule has 0 spiro atoms. The molecule has 0 saturated carbocycles. The summed E-state index contributed by atoms with van der Waals surface area (Å²) in [4.78, 5) is 17.9. The molecule has 3 atom stereocenters. The van der Waals surface area contributed by atoms with Crippen LogP contribution < -0.4 is 5.32 Å². The van der Waals surface area contributed by atoms with Crippen molar-refractivity contribution in [2.75, 3.05) is 5.32 Å². The third kappa shape index (κ3) is 3.05. The van der Waals surface area contributed by atoms with Crippen molar-refractivity contribution in [3.63, 3.8) is 0 Å². The summed E-state index contributed by atoms with van der Waals surface area (Å²) in [5, 5.41) is 7.84. The number of hydrogen-bond acceptors (Lipinski definition) is 4. The number of hydrogen-bond donors (Lipinski definition) is 1. The molecule has 0 bridgehead atoms. The molecule has 1 N–H and O–H groups in total. The number of nitrogens with one attached hydrogen (secondary N) is 1. The van der Waals surface area contributed by atoms with Gasteiger partial charge >= 0.3 is 0 Å². The molecule has 152 valence electrons. The Labute approximate surface area is 176 Å². The lowest BCUT2D eigenvalue weighted by Gasteiger charge is -2.38. The number of nitrogens with zero attached hydrogens (tertiary/aromatic N) is 3. The Morgan fingerprint density at radius 3 is 2.60 bits per heavy atom. The van der Waals surface area contributed by atoms with Crippen LogP contribution in [0.4, 0.5) is 5.95 Å². The Hall–Kier alpha value is -3.21. The molecule has 1 aromatic heterocycles. The average Bonchev–Trinajstić information content (AvgIpc) is 3.20. The SMILES string of the molecule is Cc1ccccc1[C@@H]1C=C2Nc3ncnn3[C@H](c3ccc(C(C)C)cc3)[C@H]2C(=O)C1. The van der Waals surface area contributed by atoms with Gasteiger partial charge in [0.15, 0.2) is 0 Å². The molecule has 1 aliphatic carbocycles. The molecule has 0 fully saturated rings. The zero-order valence-electron chi connectivity index (χ0n) is 17.5. The fourth-order valence-corrected chi connectivity index (χ4v) is 4.79. The first-order valence-corrected chi connectivity index (χ1v) is 10.6. The van der Waals surface area contributed by atoms with Gasteiger partial charge in [0.1, 0.15) is 12.1 Å². The van der Waals surface area contributed by atoms with Crippen LogP contribution in [0, 0.1) is 12.8 Å². The molecule has 3 aromatic rings. The molecule has 1 aliphatic heterocycles. The summed E-state index contributed by atoms with van der Waals surface area (Å²) in [6, 6.07) is 16.7. The van der Waals surface area contributed by atoms with Crippen LogP contribution in [-0.4, -0.2) is 20.5 Å². The smallest absolute Gasteiger partial charge is 0.226 e. The number of carbonyl (C=O) groups is 1. The first-order chi connectivity index (χ1) is 14.5. The number of anilines is 1. The minimum atomic E-state index is -0.274. The summed E-state index contributed by atoms with van der Waals surface area (Å²) in [5.41, 5.74) is 5.75. The van der Waals surface area contributed by atoms with Crippen molar-refractivity contribution in [1.82, 2.24) is 14.8 Å². The first-order valence-electron chi connectivity index (χ1n) is 10.6. The monoisotopic (exact) mass is 398 g/mol. The highest BCUT2D eigenvalue weighted by Gasteiger charge is 2.43. The van der Waals surface area contributed by atoms with Crippen LogP contribution in [0.1, 0.15) is 60.4 Å². The zero-order chi connectivity index (χ0) is 20.8. The Kier molecular flexibility index (Phi) is 4.54. The number of allylic oxidation sites excluding steroid dienone is 2. The minimum absolute atomic E-state index is 0.0795. The van der Waals surface area contributed by atoms with E-state index in [2.05, 4.69) is 78.6 Å². The van der Waals surface area contributed by atoms with E-state index in [1.54, 1.807) is 6.33 Å². The van der Waals surface area contributed by atoms with E-state index in [4.69, 9.17) is 0 Å². The van der Waals surface area contributed by atoms with Crippen molar-refractivity contribution in [3.8, 4) is 0 Å². The molecule has 2 aliphatic rings. The number of aromatic nitrogens is 3. The lowest BCUT2D eigenvalue weighted by atomic mass is 9.75.